The van der Waals surface area contributed by atoms with Crippen molar-refractivity contribution in [1.29, 1.82) is 0 Å². The lowest BCUT2D eigenvalue weighted by Gasteiger charge is -2.23. The van der Waals surface area contributed by atoms with E-state index in [1.807, 2.05) is 6.92 Å². The number of ether oxygens (including phenoxy) is 1. The molecular formula is C14H28O3. The molecular weight excluding hydrogens is 216 g/mol. The minimum atomic E-state index is -0.848. The van der Waals surface area contributed by atoms with E-state index in [-0.39, 0.29) is 0 Å². The van der Waals surface area contributed by atoms with Gasteiger partial charge in [0.05, 0.1) is 6.61 Å². The summed E-state index contributed by atoms with van der Waals surface area (Å²) in [7, 11) is 0. The minimum Gasteiger partial charge on any atom is -0.479 e. The SMILES string of the molecule is CCC(OCC(CCC(C)C)C(C)C)C(=O)O. The van der Waals surface area contributed by atoms with E-state index in [0.29, 0.717) is 30.8 Å². The van der Waals surface area contributed by atoms with E-state index in [2.05, 4.69) is 27.7 Å². The molecule has 0 saturated carbocycles. The number of hydrogen-bond acceptors (Lipinski definition) is 2. The van der Waals surface area contributed by atoms with Crippen LogP contribution in [-0.4, -0.2) is 23.8 Å². The summed E-state index contributed by atoms with van der Waals surface area (Å²) >= 11 is 0. The molecule has 0 heterocycles. The van der Waals surface area contributed by atoms with Crippen LogP contribution >= 0.6 is 0 Å². The summed E-state index contributed by atoms with van der Waals surface area (Å²) in [5.41, 5.74) is 0. The molecule has 0 radical (unpaired) electrons. The highest BCUT2D eigenvalue weighted by atomic mass is 16.5. The van der Waals surface area contributed by atoms with Crippen LogP contribution < -0.4 is 0 Å². The molecule has 0 amide bonds. The van der Waals surface area contributed by atoms with E-state index in [0.717, 1.165) is 6.42 Å². The van der Waals surface area contributed by atoms with Crippen LogP contribution in [0.15, 0.2) is 0 Å². The Morgan fingerprint density at radius 3 is 2.12 bits per heavy atom. The normalized spacial score (nSPS) is 15.2. The van der Waals surface area contributed by atoms with E-state index in [1.165, 1.54) is 6.42 Å². The Labute approximate surface area is 106 Å². The molecule has 2 atom stereocenters. The highest BCUT2D eigenvalue weighted by molar-refractivity contribution is 5.72. The molecule has 0 bridgehead atoms. The molecule has 0 rings (SSSR count). The van der Waals surface area contributed by atoms with Crippen molar-refractivity contribution in [2.24, 2.45) is 17.8 Å². The van der Waals surface area contributed by atoms with Gasteiger partial charge in [-0.15, -0.1) is 0 Å². The summed E-state index contributed by atoms with van der Waals surface area (Å²) < 4.78 is 5.51. The second-order valence-electron chi connectivity index (χ2n) is 5.54. The number of carboxylic acids is 1. The van der Waals surface area contributed by atoms with Gasteiger partial charge >= 0.3 is 5.97 Å². The van der Waals surface area contributed by atoms with E-state index in [9.17, 15) is 4.79 Å². The van der Waals surface area contributed by atoms with Crippen molar-refractivity contribution in [2.75, 3.05) is 6.61 Å². The number of carbonyl (C=O) groups is 1. The Hall–Kier alpha value is -0.570. The molecule has 0 aromatic rings. The maximum absolute atomic E-state index is 10.9. The van der Waals surface area contributed by atoms with Gasteiger partial charge in [-0.1, -0.05) is 41.0 Å². The summed E-state index contributed by atoms with van der Waals surface area (Å²) in [5, 5.41) is 8.92. The average Bonchev–Trinajstić information content (AvgIpc) is 2.21. The monoisotopic (exact) mass is 244 g/mol. The van der Waals surface area contributed by atoms with Crippen LogP contribution in [0, 0.1) is 17.8 Å². The van der Waals surface area contributed by atoms with Crippen LogP contribution in [0.4, 0.5) is 0 Å². The summed E-state index contributed by atoms with van der Waals surface area (Å²) in [6, 6.07) is 0. The van der Waals surface area contributed by atoms with E-state index >= 15 is 0 Å². The van der Waals surface area contributed by atoms with Crippen LogP contribution in [0.25, 0.3) is 0 Å². The Morgan fingerprint density at radius 2 is 1.76 bits per heavy atom. The largest absolute Gasteiger partial charge is 0.479 e. The quantitative estimate of drug-likeness (QED) is 0.674. The average molecular weight is 244 g/mol. The van der Waals surface area contributed by atoms with Crippen molar-refractivity contribution in [1.82, 2.24) is 0 Å². The summed E-state index contributed by atoms with van der Waals surface area (Å²) in [4.78, 5) is 10.9. The standard InChI is InChI=1S/C14H28O3/c1-6-13(14(15)16)17-9-12(11(4)5)8-7-10(2)3/h10-13H,6-9H2,1-5H3,(H,15,16). The third-order valence-corrected chi connectivity index (χ3v) is 3.22. The summed E-state index contributed by atoms with van der Waals surface area (Å²) in [6.07, 6.45) is 2.18. The molecule has 0 aliphatic carbocycles. The summed E-state index contributed by atoms with van der Waals surface area (Å²) in [6.45, 7) is 11.2. The highest BCUT2D eigenvalue weighted by Crippen LogP contribution is 2.21. The minimum absolute atomic E-state index is 0.464. The molecule has 0 spiro atoms. The maximum Gasteiger partial charge on any atom is 0.332 e. The first-order valence-electron chi connectivity index (χ1n) is 6.72. The van der Waals surface area contributed by atoms with Crippen LogP contribution in [0.5, 0.6) is 0 Å². The molecule has 0 aromatic heterocycles. The molecule has 0 aliphatic heterocycles. The zero-order valence-electron chi connectivity index (χ0n) is 11.9. The number of hydrogen-bond donors (Lipinski definition) is 1. The number of carboxylic acid groups (broad SMARTS) is 1. The van der Waals surface area contributed by atoms with Crippen molar-refractivity contribution < 1.29 is 14.6 Å². The molecule has 2 unspecified atom stereocenters. The molecule has 17 heavy (non-hydrogen) atoms. The Balaban J connectivity index is 4.12. The molecule has 102 valence electrons. The molecule has 1 N–H and O–H groups in total. The second-order valence-corrected chi connectivity index (χ2v) is 5.54. The van der Waals surface area contributed by atoms with E-state index in [4.69, 9.17) is 9.84 Å². The first kappa shape index (κ1) is 16.4. The Kier molecular flexibility index (Phi) is 8.23. The van der Waals surface area contributed by atoms with Gasteiger partial charge in [0, 0.05) is 0 Å². The van der Waals surface area contributed by atoms with Gasteiger partial charge in [0.2, 0.25) is 0 Å². The third kappa shape index (κ3) is 7.37. The van der Waals surface area contributed by atoms with Crippen LogP contribution in [0.1, 0.15) is 53.9 Å². The van der Waals surface area contributed by atoms with Crippen LogP contribution in [0.3, 0.4) is 0 Å². The van der Waals surface area contributed by atoms with E-state index < -0.39 is 12.1 Å². The predicted molar refractivity (Wildman–Crippen MR) is 70.1 cm³/mol. The molecule has 0 aromatic carbocycles. The van der Waals surface area contributed by atoms with Crippen molar-refractivity contribution in [3.05, 3.63) is 0 Å². The van der Waals surface area contributed by atoms with Gasteiger partial charge in [0.25, 0.3) is 0 Å². The second kappa shape index (κ2) is 8.51. The Bertz CT molecular complexity index is 212. The van der Waals surface area contributed by atoms with Crippen molar-refractivity contribution in [2.45, 2.75) is 60.0 Å². The lowest BCUT2D eigenvalue weighted by molar-refractivity contribution is -0.151. The Morgan fingerprint density at radius 1 is 1.18 bits per heavy atom. The van der Waals surface area contributed by atoms with Crippen molar-refractivity contribution >= 4 is 5.97 Å². The first-order chi connectivity index (χ1) is 7.88. The number of aliphatic carboxylic acids is 1. The van der Waals surface area contributed by atoms with Crippen molar-refractivity contribution in [3.8, 4) is 0 Å². The lowest BCUT2D eigenvalue weighted by atomic mass is 9.89. The molecule has 0 fully saturated rings. The highest BCUT2D eigenvalue weighted by Gasteiger charge is 2.20. The van der Waals surface area contributed by atoms with Crippen LogP contribution in [0.2, 0.25) is 0 Å². The third-order valence-electron chi connectivity index (χ3n) is 3.22. The fourth-order valence-corrected chi connectivity index (χ4v) is 1.76. The number of rotatable bonds is 9. The summed E-state index contributed by atoms with van der Waals surface area (Å²) in [5.74, 6) is 0.849. The lowest BCUT2D eigenvalue weighted by Crippen LogP contribution is -2.27. The smallest absolute Gasteiger partial charge is 0.332 e. The van der Waals surface area contributed by atoms with Gasteiger partial charge in [0.1, 0.15) is 0 Å². The van der Waals surface area contributed by atoms with Gasteiger partial charge in [-0.2, -0.15) is 0 Å². The zero-order valence-corrected chi connectivity index (χ0v) is 11.9. The topological polar surface area (TPSA) is 46.5 Å². The van der Waals surface area contributed by atoms with Gasteiger partial charge in [0.15, 0.2) is 6.10 Å². The van der Waals surface area contributed by atoms with Gasteiger partial charge in [-0.25, -0.2) is 4.79 Å². The zero-order chi connectivity index (χ0) is 13.4. The van der Waals surface area contributed by atoms with E-state index in [1.54, 1.807) is 0 Å². The molecule has 0 saturated heterocycles. The predicted octanol–water partition coefficient (Wildman–Crippen LogP) is 3.57. The van der Waals surface area contributed by atoms with Crippen LogP contribution in [-0.2, 0) is 9.53 Å². The fraction of sp³-hybridized carbons (Fsp3) is 0.929. The maximum atomic E-state index is 10.9. The first-order valence-corrected chi connectivity index (χ1v) is 6.72. The fourth-order valence-electron chi connectivity index (χ4n) is 1.76. The molecule has 0 aliphatic rings. The van der Waals surface area contributed by atoms with Crippen molar-refractivity contribution in [3.63, 3.8) is 0 Å². The van der Waals surface area contributed by atoms with Gasteiger partial charge in [-0.3, -0.25) is 0 Å². The van der Waals surface area contributed by atoms with Gasteiger partial charge in [-0.05, 0) is 30.6 Å². The molecule has 3 nitrogen and oxygen atoms in total. The molecule has 3 heteroatoms. The van der Waals surface area contributed by atoms with Gasteiger partial charge < -0.3 is 9.84 Å².